The fourth-order valence-corrected chi connectivity index (χ4v) is 4.20. The lowest BCUT2D eigenvalue weighted by Crippen LogP contribution is -2.28. The lowest BCUT2D eigenvalue weighted by Gasteiger charge is -2.10. The van der Waals surface area contributed by atoms with E-state index in [0.717, 1.165) is 0 Å². The lowest BCUT2D eigenvalue weighted by atomic mass is 9.91. The molecule has 1 unspecified atom stereocenters. The number of nitrogens with one attached hydrogen (secondary N) is 1. The summed E-state index contributed by atoms with van der Waals surface area (Å²) in [4.78, 5) is 38.0. The van der Waals surface area contributed by atoms with Crippen molar-refractivity contribution in [3.8, 4) is 11.4 Å². The first-order chi connectivity index (χ1) is 15.3. The van der Waals surface area contributed by atoms with Gasteiger partial charge in [-0.1, -0.05) is 36.4 Å². The van der Waals surface area contributed by atoms with Crippen molar-refractivity contribution >= 4 is 0 Å². The molecular weight excluding hydrogens is 410 g/mol. The highest BCUT2D eigenvalue weighted by Gasteiger charge is 2.33. The van der Waals surface area contributed by atoms with Crippen molar-refractivity contribution in [1.82, 2.24) is 19.1 Å². The highest BCUT2D eigenvalue weighted by molar-refractivity contribution is 5.41. The average molecular weight is 433 g/mol. The number of para-hydroxylation sites is 2. The Kier molecular flexibility index (Phi) is 5.40. The molecule has 2 aromatic carbocycles. The number of aryl methyl sites for hydroxylation is 1. The molecule has 32 heavy (non-hydrogen) atoms. The van der Waals surface area contributed by atoms with Gasteiger partial charge < -0.3 is 0 Å². The van der Waals surface area contributed by atoms with E-state index < -0.39 is 22.9 Å². The molecule has 9 nitrogen and oxygen atoms in total. The van der Waals surface area contributed by atoms with Gasteiger partial charge >= 0.3 is 0 Å². The first kappa shape index (κ1) is 21.1. The molecule has 0 saturated carbocycles. The quantitative estimate of drug-likeness (QED) is 0.372. The predicted molar refractivity (Wildman–Crippen MR) is 121 cm³/mol. The molecule has 2 aromatic heterocycles. The fourth-order valence-electron chi connectivity index (χ4n) is 4.20. The highest BCUT2D eigenvalue weighted by atomic mass is 16.6. The van der Waals surface area contributed by atoms with Gasteiger partial charge in [0.05, 0.1) is 28.4 Å². The number of benzene rings is 2. The van der Waals surface area contributed by atoms with Crippen molar-refractivity contribution < 1.29 is 4.92 Å². The summed E-state index contributed by atoms with van der Waals surface area (Å²) >= 11 is 0. The third-order valence-corrected chi connectivity index (χ3v) is 5.76. The van der Waals surface area contributed by atoms with Crippen molar-refractivity contribution in [1.29, 1.82) is 0 Å². The lowest BCUT2D eigenvalue weighted by molar-refractivity contribution is -0.481. The van der Waals surface area contributed by atoms with Crippen molar-refractivity contribution in [2.75, 3.05) is 6.54 Å². The zero-order valence-corrected chi connectivity index (χ0v) is 18.0. The second-order valence-corrected chi connectivity index (χ2v) is 7.67. The number of rotatable bonds is 6. The molecule has 164 valence electrons. The molecular formula is C23H23N5O4. The van der Waals surface area contributed by atoms with Crippen LogP contribution in [0.4, 0.5) is 0 Å². The van der Waals surface area contributed by atoms with E-state index in [1.807, 2.05) is 24.3 Å². The van der Waals surface area contributed by atoms with Crippen LogP contribution in [-0.4, -0.2) is 30.6 Å². The molecule has 0 amide bonds. The van der Waals surface area contributed by atoms with Crippen LogP contribution in [0.5, 0.6) is 0 Å². The van der Waals surface area contributed by atoms with Crippen molar-refractivity contribution in [2.45, 2.75) is 19.8 Å². The second kappa shape index (κ2) is 8.18. The van der Waals surface area contributed by atoms with Gasteiger partial charge in [0.25, 0.3) is 11.1 Å². The number of H-pyrrole nitrogens is 1. The van der Waals surface area contributed by atoms with Crippen LogP contribution < -0.4 is 11.1 Å². The van der Waals surface area contributed by atoms with Crippen LogP contribution in [0.25, 0.3) is 11.4 Å². The first-order valence-corrected chi connectivity index (χ1v) is 10.1. The summed E-state index contributed by atoms with van der Waals surface area (Å²) in [6.45, 7) is 2.86. The summed E-state index contributed by atoms with van der Waals surface area (Å²) in [5.74, 6) is -0.998. The number of hydrogen-bond donors (Lipinski definition) is 1. The van der Waals surface area contributed by atoms with Gasteiger partial charge in [-0.15, -0.1) is 0 Å². The van der Waals surface area contributed by atoms with Gasteiger partial charge in [-0.05, 0) is 38.1 Å². The zero-order valence-electron chi connectivity index (χ0n) is 18.0. The van der Waals surface area contributed by atoms with Gasteiger partial charge in [0, 0.05) is 23.4 Å². The van der Waals surface area contributed by atoms with E-state index in [1.54, 1.807) is 62.0 Å². The van der Waals surface area contributed by atoms with Gasteiger partial charge in [-0.2, -0.15) is 0 Å². The SMILES string of the molecule is Cc1[nH]n(-c2ccccc2)c(=O)c1C(C[N+](=O)[O-])c1c(C)n(C)n(-c2ccccc2)c1=O. The Labute approximate surface area is 183 Å². The van der Waals surface area contributed by atoms with Gasteiger partial charge in [0.15, 0.2) is 0 Å². The maximum absolute atomic E-state index is 13.5. The maximum atomic E-state index is 13.5. The molecule has 1 N–H and O–H groups in total. The van der Waals surface area contributed by atoms with Crippen LogP contribution >= 0.6 is 0 Å². The molecule has 0 bridgehead atoms. The molecule has 4 rings (SSSR count). The number of nitrogens with zero attached hydrogens (tertiary/aromatic N) is 4. The molecule has 0 aliphatic heterocycles. The van der Waals surface area contributed by atoms with Gasteiger partial charge in [0.1, 0.15) is 0 Å². The maximum Gasteiger partial charge on any atom is 0.275 e. The minimum Gasteiger partial charge on any atom is -0.295 e. The molecule has 0 radical (unpaired) electrons. The van der Waals surface area contributed by atoms with E-state index in [4.69, 9.17) is 0 Å². The Bertz CT molecular complexity index is 1390. The third-order valence-electron chi connectivity index (χ3n) is 5.76. The minimum absolute atomic E-state index is 0.219. The van der Waals surface area contributed by atoms with Crippen LogP contribution in [-0.2, 0) is 7.05 Å². The number of aromatic nitrogens is 4. The molecule has 0 aliphatic rings. The Morgan fingerprint density at radius 2 is 1.47 bits per heavy atom. The summed E-state index contributed by atoms with van der Waals surface area (Å²) in [6.07, 6.45) is 0. The highest BCUT2D eigenvalue weighted by Crippen LogP contribution is 2.26. The Morgan fingerprint density at radius 3 is 2.03 bits per heavy atom. The molecule has 0 saturated heterocycles. The normalized spacial score (nSPS) is 12.1. The monoisotopic (exact) mass is 433 g/mol. The van der Waals surface area contributed by atoms with Crippen molar-refractivity contribution in [2.24, 2.45) is 7.05 Å². The van der Waals surface area contributed by atoms with E-state index in [-0.39, 0.29) is 16.7 Å². The van der Waals surface area contributed by atoms with Crippen molar-refractivity contribution in [3.63, 3.8) is 0 Å². The fraction of sp³-hybridized carbons (Fsp3) is 0.217. The van der Waals surface area contributed by atoms with Gasteiger partial charge in [-0.3, -0.25) is 29.5 Å². The molecule has 0 spiro atoms. The molecule has 9 heteroatoms. The topological polar surface area (TPSA) is 108 Å². The Balaban J connectivity index is 1.95. The first-order valence-electron chi connectivity index (χ1n) is 10.1. The van der Waals surface area contributed by atoms with E-state index in [1.165, 1.54) is 9.36 Å². The Hall–Kier alpha value is -4.14. The summed E-state index contributed by atoms with van der Waals surface area (Å²) in [5.41, 5.74) is 1.98. The summed E-state index contributed by atoms with van der Waals surface area (Å²) in [6, 6.07) is 18.0. The minimum atomic E-state index is -0.998. The van der Waals surface area contributed by atoms with Gasteiger partial charge in [-0.25, -0.2) is 9.36 Å². The second-order valence-electron chi connectivity index (χ2n) is 7.67. The van der Waals surface area contributed by atoms with Crippen LogP contribution in [0.15, 0.2) is 70.3 Å². The number of aromatic amines is 1. The van der Waals surface area contributed by atoms with E-state index in [9.17, 15) is 19.7 Å². The predicted octanol–water partition coefficient (Wildman–Crippen LogP) is 2.68. The number of nitro groups is 1. The smallest absolute Gasteiger partial charge is 0.275 e. The Morgan fingerprint density at radius 1 is 0.906 bits per heavy atom. The van der Waals surface area contributed by atoms with Gasteiger partial charge in [0.2, 0.25) is 6.54 Å². The molecule has 1 atom stereocenters. The van der Waals surface area contributed by atoms with E-state index in [0.29, 0.717) is 22.8 Å². The molecule has 2 heterocycles. The zero-order chi connectivity index (χ0) is 23.0. The molecule has 0 aliphatic carbocycles. The average Bonchev–Trinajstić information content (AvgIpc) is 3.19. The standard InChI is InChI=1S/C23H23N5O4/c1-15-20(22(29)27(24-15)17-10-6-4-7-11-17)19(14-26(31)32)21-16(2)25(3)28(23(21)30)18-12-8-5-9-13-18/h4-13,19,24H,14H2,1-3H3. The van der Waals surface area contributed by atoms with Crippen LogP contribution in [0, 0.1) is 24.0 Å². The molecule has 4 aromatic rings. The van der Waals surface area contributed by atoms with Crippen molar-refractivity contribution in [3.05, 3.63) is 114 Å². The summed E-state index contributed by atoms with van der Waals surface area (Å²) in [7, 11) is 1.72. The number of hydrogen-bond acceptors (Lipinski definition) is 4. The van der Waals surface area contributed by atoms with E-state index >= 15 is 0 Å². The third kappa shape index (κ3) is 3.47. The van der Waals surface area contributed by atoms with Crippen LogP contribution in [0.3, 0.4) is 0 Å². The largest absolute Gasteiger partial charge is 0.295 e. The summed E-state index contributed by atoms with van der Waals surface area (Å²) < 4.78 is 4.48. The van der Waals surface area contributed by atoms with E-state index in [2.05, 4.69) is 5.10 Å². The van der Waals surface area contributed by atoms with Crippen LogP contribution in [0.2, 0.25) is 0 Å². The molecule has 0 fully saturated rings. The summed E-state index contributed by atoms with van der Waals surface area (Å²) in [5, 5.41) is 14.6. The van der Waals surface area contributed by atoms with Crippen LogP contribution in [0.1, 0.15) is 28.4 Å².